The lowest BCUT2D eigenvalue weighted by Gasteiger charge is -2.29. The number of hydrogen-bond donors (Lipinski definition) is 3. The van der Waals surface area contributed by atoms with Crippen molar-refractivity contribution in [1.29, 1.82) is 0 Å². The zero-order valence-electron chi connectivity index (χ0n) is 11.2. The van der Waals surface area contributed by atoms with Crippen molar-refractivity contribution in [3.8, 4) is 0 Å². The summed E-state index contributed by atoms with van der Waals surface area (Å²) in [6.07, 6.45) is 6.39. The van der Waals surface area contributed by atoms with Crippen LogP contribution in [0.25, 0.3) is 0 Å². The van der Waals surface area contributed by atoms with Gasteiger partial charge in [0, 0.05) is 6.54 Å². The Bertz CT molecular complexity index is 416. The van der Waals surface area contributed by atoms with E-state index in [1.807, 2.05) is 0 Å². The number of nitrogens with one attached hydrogen (secondary N) is 2. The predicted octanol–water partition coefficient (Wildman–Crippen LogP) is 2.78. The number of aromatic nitrogens is 2. The summed E-state index contributed by atoms with van der Waals surface area (Å²) in [4.78, 5) is 8.47. The zero-order valence-corrected chi connectivity index (χ0v) is 12.8. The van der Waals surface area contributed by atoms with Crippen LogP contribution in [-0.2, 0) is 0 Å². The first-order chi connectivity index (χ1) is 9.22. The van der Waals surface area contributed by atoms with Crippen LogP contribution in [0.3, 0.4) is 0 Å². The van der Waals surface area contributed by atoms with Crippen LogP contribution in [0.2, 0.25) is 0 Å². The number of aliphatic hydroxyl groups is 1. The van der Waals surface area contributed by atoms with E-state index in [0.717, 1.165) is 54.8 Å². The minimum Gasteiger partial charge on any atom is -0.391 e. The van der Waals surface area contributed by atoms with Crippen LogP contribution < -0.4 is 10.6 Å². The monoisotopic (exact) mass is 328 g/mol. The van der Waals surface area contributed by atoms with E-state index in [4.69, 9.17) is 0 Å². The van der Waals surface area contributed by atoms with E-state index in [1.165, 1.54) is 0 Å². The van der Waals surface area contributed by atoms with Crippen LogP contribution in [0.15, 0.2) is 10.8 Å². The van der Waals surface area contributed by atoms with Crippen molar-refractivity contribution in [3.63, 3.8) is 0 Å². The van der Waals surface area contributed by atoms with Gasteiger partial charge in [0.15, 0.2) is 0 Å². The number of hydrogen-bond acceptors (Lipinski definition) is 5. The minimum atomic E-state index is -0.289. The molecule has 1 aromatic rings. The molecule has 2 unspecified atom stereocenters. The summed E-state index contributed by atoms with van der Waals surface area (Å²) >= 11 is 3.53. The van der Waals surface area contributed by atoms with Gasteiger partial charge in [-0.2, -0.15) is 0 Å². The summed E-state index contributed by atoms with van der Waals surface area (Å²) in [6.45, 7) is 2.99. The highest BCUT2D eigenvalue weighted by Gasteiger charge is 2.24. The Morgan fingerprint density at radius 3 is 2.79 bits per heavy atom. The zero-order chi connectivity index (χ0) is 13.7. The van der Waals surface area contributed by atoms with Gasteiger partial charge in [-0.05, 0) is 35.2 Å². The Hall–Kier alpha value is -0.880. The SMILES string of the molecule is CCCNc1ncnc(NC2CCCCC2O)c1Br. The van der Waals surface area contributed by atoms with Gasteiger partial charge in [-0.15, -0.1) is 0 Å². The molecule has 1 heterocycles. The molecule has 6 heteroatoms. The smallest absolute Gasteiger partial charge is 0.146 e. The molecule has 0 spiro atoms. The van der Waals surface area contributed by atoms with Gasteiger partial charge in [0.05, 0.1) is 12.1 Å². The Morgan fingerprint density at radius 1 is 1.32 bits per heavy atom. The van der Waals surface area contributed by atoms with Crippen LogP contribution in [0.4, 0.5) is 11.6 Å². The predicted molar refractivity (Wildman–Crippen MR) is 80.4 cm³/mol. The summed E-state index contributed by atoms with van der Waals surface area (Å²) in [6, 6.07) is 0.0824. The second-order valence-corrected chi connectivity index (χ2v) is 5.71. The number of aliphatic hydroxyl groups excluding tert-OH is 1. The molecular weight excluding hydrogens is 308 g/mol. The minimum absolute atomic E-state index is 0.0824. The summed E-state index contributed by atoms with van der Waals surface area (Å²) in [7, 11) is 0. The molecule has 0 radical (unpaired) electrons. The van der Waals surface area contributed by atoms with E-state index < -0.39 is 0 Å². The fraction of sp³-hybridized carbons (Fsp3) is 0.692. The first-order valence-corrected chi connectivity index (χ1v) is 7.70. The molecule has 0 amide bonds. The standard InChI is InChI=1S/C13H21BrN4O/c1-2-7-15-12-11(14)13(17-8-16-12)18-9-5-3-4-6-10(9)19/h8-10,19H,2-7H2,1H3,(H2,15,16,17,18). The molecule has 1 aromatic heterocycles. The molecule has 1 fully saturated rings. The van der Waals surface area contributed by atoms with Crippen molar-refractivity contribution >= 4 is 27.6 Å². The van der Waals surface area contributed by atoms with E-state index in [2.05, 4.69) is 43.5 Å². The van der Waals surface area contributed by atoms with Crippen LogP contribution in [-0.4, -0.2) is 33.8 Å². The third kappa shape index (κ3) is 3.79. The quantitative estimate of drug-likeness (QED) is 0.775. The normalized spacial score (nSPS) is 23.1. The van der Waals surface area contributed by atoms with Crippen molar-refractivity contribution in [2.24, 2.45) is 0 Å². The molecule has 5 nitrogen and oxygen atoms in total. The highest BCUT2D eigenvalue weighted by Crippen LogP contribution is 2.29. The molecule has 3 N–H and O–H groups in total. The lowest BCUT2D eigenvalue weighted by molar-refractivity contribution is 0.116. The van der Waals surface area contributed by atoms with Gasteiger partial charge in [-0.1, -0.05) is 19.8 Å². The van der Waals surface area contributed by atoms with E-state index in [9.17, 15) is 5.11 Å². The van der Waals surface area contributed by atoms with E-state index >= 15 is 0 Å². The average molecular weight is 329 g/mol. The molecule has 19 heavy (non-hydrogen) atoms. The van der Waals surface area contributed by atoms with Crippen molar-refractivity contribution in [2.75, 3.05) is 17.2 Å². The van der Waals surface area contributed by atoms with Crippen molar-refractivity contribution in [1.82, 2.24) is 9.97 Å². The van der Waals surface area contributed by atoms with Gasteiger partial charge in [-0.25, -0.2) is 9.97 Å². The Labute approximate surface area is 122 Å². The molecule has 1 aliphatic carbocycles. The van der Waals surface area contributed by atoms with Crippen LogP contribution in [0, 0.1) is 0 Å². The average Bonchev–Trinajstić information content (AvgIpc) is 2.42. The van der Waals surface area contributed by atoms with Crippen LogP contribution >= 0.6 is 15.9 Å². The Kier molecular flexibility index (Phi) is 5.39. The van der Waals surface area contributed by atoms with Gasteiger partial charge < -0.3 is 15.7 Å². The maximum atomic E-state index is 10.00. The second kappa shape index (κ2) is 7.05. The number of anilines is 2. The third-order valence-corrected chi connectivity index (χ3v) is 4.13. The highest BCUT2D eigenvalue weighted by atomic mass is 79.9. The molecule has 0 saturated heterocycles. The molecule has 0 aliphatic heterocycles. The fourth-order valence-electron chi connectivity index (χ4n) is 2.29. The number of nitrogens with zero attached hydrogens (tertiary/aromatic N) is 2. The Morgan fingerprint density at radius 2 is 2.05 bits per heavy atom. The maximum absolute atomic E-state index is 10.00. The topological polar surface area (TPSA) is 70.1 Å². The highest BCUT2D eigenvalue weighted by molar-refractivity contribution is 9.10. The largest absolute Gasteiger partial charge is 0.391 e. The molecule has 0 aromatic carbocycles. The van der Waals surface area contributed by atoms with Crippen molar-refractivity contribution in [2.45, 2.75) is 51.2 Å². The van der Waals surface area contributed by atoms with Gasteiger partial charge in [0.1, 0.15) is 22.4 Å². The summed E-state index contributed by atoms with van der Waals surface area (Å²) in [5.41, 5.74) is 0. The molecule has 1 saturated carbocycles. The van der Waals surface area contributed by atoms with Crippen LogP contribution in [0.5, 0.6) is 0 Å². The molecule has 2 rings (SSSR count). The van der Waals surface area contributed by atoms with E-state index in [-0.39, 0.29) is 12.1 Å². The molecule has 2 atom stereocenters. The van der Waals surface area contributed by atoms with E-state index in [0.29, 0.717) is 0 Å². The number of rotatable bonds is 5. The molecule has 0 bridgehead atoms. The second-order valence-electron chi connectivity index (χ2n) is 4.91. The number of halogens is 1. The maximum Gasteiger partial charge on any atom is 0.146 e. The third-order valence-electron chi connectivity index (χ3n) is 3.38. The van der Waals surface area contributed by atoms with E-state index in [1.54, 1.807) is 6.33 Å². The lowest BCUT2D eigenvalue weighted by atomic mass is 9.93. The van der Waals surface area contributed by atoms with Gasteiger partial charge in [-0.3, -0.25) is 0 Å². The van der Waals surface area contributed by atoms with Crippen molar-refractivity contribution < 1.29 is 5.11 Å². The molecule has 1 aliphatic rings. The summed E-state index contributed by atoms with van der Waals surface area (Å²) < 4.78 is 0.834. The first kappa shape index (κ1) is 14.5. The van der Waals surface area contributed by atoms with Gasteiger partial charge in [0.2, 0.25) is 0 Å². The fourth-order valence-corrected chi connectivity index (χ4v) is 2.75. The molecule has 106 valence electrons. The summed E-state index contributed by atoms with van der Waals surface area (Å²) in [5, 5.41) is 16.6. The van der Waals surface area contributed by atoms with Gasteiger partial charge in [0.25, 0.3) is 0 Å². The Balaban J connectivity index is 2.07. The first-order valence-electron chi connectivity index (χ1n) is 6.91. The summed E-state index contributed by atoms with van der Waals surface area (Å²) in [5.74, 6) is 1.55. The van der Waals surface area contributed by atoms with Gasteiger partial charge >= 0.3 is 0 Å². The molecular formula is C13H21BrN4O. The van der Waals surface area contributed by atoms with Crippen LogP contribution in [0.1, 0.15) is 39.0 Å². The lowest BCUT2D eigenvalue weighted by Crippen LogP contribution is -2.36. The van der Waals surface area contributed by atoms with Crippen molar-refractivity contribution in [3.05, 3.63) is 10.8 Å².